The summed E-state index contributed by atoms with van der Waals surface area (Å²) in [5, 5.41) is 2.67. The van der Waals surface area contributed by atoms with Gasteiger partial charge in [0.25, 0.3) is 5.91 Å². The van der Waals surface area contributed by atoms with Crippen molar-refractivity contribution in [2.45, 2.75) is 25.2 Å². The number of nitrogens with one attached hydrogen (secondary N) is 1. The molecule has 1 aliphatic heterocycles. The van der Waals surface area contributed by atoms with E-state index in [-0.39, 0.29) is 23.8 Å². The number of piperidine rings is 1. The summed E-state index contributed by atoms with van der Waals surface area (Å²) in [6, 6.07) is 15.5. The number of pyridine rings is 1. The fourth-order valence-corrected chi connectivity index (χ4v) is 3.38. The lowest BCUT2D eigenvalue weighted by Crippen LogP contribution is -2.50. The quantitative estimate of drug-likeness (QED) is 0.932. The molecule has 1 saturated heterocycles. The Morgan fingerprint density at radius 3 is 2.64 bits per heavy atom. The summed E-state index contributed by atoms with van der Waals surface area (Å²) in [4.78, 5) is 30.4. The summed E-state index contributed by atoms with van der Waals surface area (Å²) in [5.74, 6) is -0.372. The Morgan fingerprint density at radius 1 is 1.16 bits per heavy atom. The van der Waals surface area contributed by atoms with Crippen LogP contribution in [0, 0.1) is 0 Å². The first kappa shape index (κ1) is 17.1. The van der Waals surface area contributed by atoms with Crippen molar-refractivity contribution in [3.63, 3.8) is 0 Å². The Bertz CT molecular complexity index is 733. The van der Waals surface area contributed by atoms with Crippen LogP contribution in [0.5, 0.6) is 0 Å². The van der Waals surface area contributed by atoms with E-state index in [1.807, 2.05) is 23.1 Å². The lowest BCUT2D eigenvalue weighted by Gasteiger charge is -2.41. The van der Waals surface area contributed by atoms with Gasteiger partial charge in [0.05, 0.1) is 6.54 Å². The molecule has 1 aliphatic rings. The molecule has 1 N–H and O–H groups in total. The van der Waals surface area contributed by atoms with E-state index in [0.29, 0.717) is 12.2 Å². The number of likely N-dealkylation sites (tertiary alicyclic amines) is 1. The van der Waals surface area contributed by atoms with Gasteiger partial charge < -0.3 is 10.2 Å². The molecule has 2 amide bonds. The molecular weight excluding hydrogens is 314 g/mol. The molecule has 1 unspecified atom stereocenters. The Hall–Kier alpha value is -2.69. The normalized spacial score (nSPS) is 20.1. The highest BCUT2D eigenvalue weighted by atomic mass is 16.2. The van der Waals surface area contributed by atoms with E-state index in [2.05, 4.69) is 29.4 Å². The molecule has 1 aromatic carbocycles. The van der Waals surface area contributed by atoms with E-state index in [1.165, 1.54) is 5.56 Å². The van der Waals surface area contributed by atoms with Gasteiger partial charge in [0.1, 0.15) is 5.69 Å². The van der Waals surface area contributed by atoms with Gasteiger partial charge in [-0.15, -0.1) is 0 Å². The average Bonchev–Trinajstić information content (AvgIpc) is 2.67. The first-order valence-corrected chi connectivity index (χ1v) is 8.61. The fourth-order valence-electron chi connectivity index (χ4n) is 3.38. The second kappa shape index (κ2) is 7.47. The molecule has 5 heteroatoms. The summed E-state index contributed by atoms with van der Waals surface area (Å²) in [5.41, 5.74) is 1.54. The van der Waals surface area contributed by atoms with Gasteiger partial charge in [-0.05, 0) is 30.5 Å². The number of amides is 2. The SMILES string of the molecule is CC1(c2ccccc2)CCCN(C(=O)CNC(=O)c2ccccn2)C1. The number of aromatic nitrogens is 1. The van der Waals surface area contributed by atoms with Crippen molar-refractivity contribution in [2.75, 3.05) is 19.6 Å². The van der Waals surface area contributed by atoms with Crippen LogP contribution in [-0.2, 0) is 10.2 Å². The van der Waals surface area contributed by atoms with Gasteiger partial charge in [0.2, 0.25) is 5.91 Å². The molecule has 1 fully saturated rings. The number of rotatable bonds is 4. The Morgan fingerprint density at radius 2 is 1.92 bits per heavy atom. The summed E-state index contributed by atoms with van der Waals surface area (Å²) < 4.78 is 0. The highest BCUT2D eigenvalue weighted by molar-refractivity contribution is 5.94. The summed E-state index contributed by atoms with van der Waals surface area (Å²) >= 11 is 0. The van der Waals surface area contributed by atoms with Crippen molar-refractivity contribution in [2.24, 2.45) is 0 Å². The number of carbonyl (C=O) groups excluding carboxylic acids is 2. The molecule has 0 aliphatic carbocycles. The largest absolute Gasteiger partial charge is 0.342 e. The van der Waals surface area contributed by atoms with Crippen LogP contribution < -0.4 is 5.32 Å². The average molecular weight is 337 g/mol. The molecule has 25 heavy (non-hydrogen) atoms. The minimum Gasteiger partial charge on any atom is -0.342 e. The van der Waals surface area contributed by atoms with E-state index in [1.54, 1.807) is 24.4 Å². The molecule has 5 nitrogen and oxygen atoms in total. The highest BCUT2D eigenvalue weighted by Gasteiger charge is 2.34. The zero-order valence-electron chi connectivity index (χ0n) is 14.4. The molecule has 0 saturated carbocycles. The fraction of sp³-hybridized carbons (Fsp3) is 0.350. The third kappa shape index (κ3) is 4.05. The predicted octanol–water partition coefficient (Wildman–Crippen LogP) is 2.39. The standard InChI is InChI=1S/C20H23N3O2/c1-20(16-8-3-2-4-9-16)11-7-13-23(15-20)18(24)14-22-19(25)17-10-5-6-12-21-17/h2-6,8-10,12H,7,11,13-15H2,1H3,(H,22,25). The molecule has 1 aromatic heterocycles. The van der Waals surface area contributed by atoms with Gasteiger partial charge in [-0.2, -0.15) is 0 Å². The summed E-state index contributed by atoms with van der Waals surface area (Å²) in [7, 11) is 0. The minimum atomic E-state index is -0.322. The molecule has 0 radical (unpaired) electrons. The maximum Gasteiger partial charge on any atom is 0.270 e. The maximum absolute atomic E-state index is 12.5. The Labute approximate surface area is 148 Å². The van der Waals surface area contributed by atoms with Crippen LogP contribution >= 0.6 is 0 Å². The van der Waals surface area contributed by atoms with Crippen LogP contribution in [0.2, 0.25) is 0 Å². The monoisotopic (exact) mass is 337 g/mol. The van der Waals surface area contributed by atoms with Gasteiger partial charge in [-0.1, -0.05) is 43.3 Å². The molecule has 2 heterocycles. The van der Waals surface area contributed by atoms with Crippen LogP contribution in [0.1, 0.15) is 35.8 Å². The van der Waals surface area contributed by atoms with E-state index in [9.17, 15) is 9.59 Å². The zero-order chi connectivity index (χ0) is 17.7. The molecule has 3 rings (SSSR count). The third-order valence-electron chi connectivity index (χ3n) is 4.82. The Kier molecular flexibility index (Phi) is 5.12. The van der Waals surface area contributed by atoms with E-state index in [4.69, 9.17) is 0 Å². The highest BCUT2D eigenvalue weighted by Crippen LogP contribution is 2.33. The predicted molar refractivity (Wildman–Crippen MR) is 96.2 cm³/mol. The third-order valence-corrected chi connectivity index (χ3v) is 4.82. The van der Waals surface area contributed by atoms with Gasteiger partial charge in [-0.25, -0.2) is 0 Å². The van der Waals surface area contributed by atoms with Crippen molar-refractivity contribution in [1.29, 1.82) is 0 Å². The lowest BCUT2D eigenvalue weighted by atomic mass is 9.76. The van der Waals surface area contributed by atoms with Gasteiger partial charge in [-0.3, -0.25) is 14.6 Å². The smallest absolute Gasteiger partial charge is 0.270 e. The second-order valence-corrected chi connectivity index (χ2v) is 6.74. The number of carbonyl (C=O) groups is 2. The molecular formula is C20H23N3O2. The van der Waals surface area contributed by atoms with Gasteiger partial charge in [0, 0.05) is 24.7 Å². The molecule has 0 bridgehead atoms. The Balaban J connectivity index is 1.60. The van der Waals surface area contributed by atoms with Crippen LogP contribution in [0.15, 0.2) is 54.7 Å². The van der Waals surface area contributed by atoms with Crippen LogP contribution in [0.3, 0.4) is 0 Å². The van der Waals surface area contributed by atoms with E-state index < -0.39 is 0 Å². The number of benzene rings is 1. The summed E-state index contributed by atoms with van der Waals surface area (Å²) in [6.07, 6.45) is 3.58. The lowest BCUT2D eigenvalue weighted by molar-refractivity contribution is -0.132. The first-order valence-electron chi connectivity index (χ1n) is 8.61. The van der Waals surface area contributed by atoms with Gasteiger partial charge in [0.15, 0.2) is 0 Å². The van der Waals surface area contributed by atoms with Crippen LogP contribution in [-0.4, -0.2) is 41.3 Å². The van der Waals surface area contributed by atoms with E-state index >= 15 is 0 Å². The second-order valence-electron chi connectivity index (χ2n) is 6.74. The number of nitrogens with zero attached hydrogens (tertiary/aromatic N) is 2. The topological polar surface area (TPSA) is 62.3 Å². The first-order chi connectivity index (χ1) is 12.1. The van der Waals surface area contributed by atoms with Gasteiger partial charge >= 0.3 is 0 Å². The van der Waals surface area contributed by atoms with Crippen LogP contribution in [0.25, 0.3) is 0 Å². The van der Waals surface area contributed by atoms with Crippen molar-refractivity contribution in [3.05, 3.63) is 66.0 Å². The van der Waals surface area contributed by atoms with Crippen molar-refractivity contribution in [3.8, 4) is 0 Å². The molecule has 2 aromatic rings. The van der Waals surface area contributed by atoms with Crippen molar-refractivity contribution < 1.29 is 9.59 Å². The summed E-state index contributed by atoms with van der Waals surface area (Å²) in [6.45, 7) is 3.62. The molecule has 0 spiro atoms. The molecule has 130 valence electrons. The van der Waals surface area contributed by atoms with Crippen LogP contribution in [0.4, 0.5) is 0 Å². The van der Waals surface area contributed by atoms with Crippen molar-refractivity contribution >= 4 is 11.8 Å². The number of hydrogen-bond acceptors (Lipinski definition) is 3. The molecule has 1 atom stereocenters. The van der Waals surface area contributed by atoms with E-state index in [0.717, 1.165) is 19.4 Å². The minimum absolute atomic E-state index is 0.000275. The zero-order valence-corrected chi connectivity index (χ0v) is 14.4. The number of hydrogen-bond donors (Lipinski definition) is 1. The maximum atomic E-state index is 12.5. The van der Waals surface area contributed by atoms with Crippen molar-refractivity contribution in [1.82, 2.24) is 15.2 Å².